The fourth-order valence-corrected chi connectivity index (χ4v) is 2.42. The summed E-state index contributed by atoms with van der Waals surface area (Å²) in [6.07, 6.45) is 0.00355. The fourth-order valence-electron chi connectivity index (χ4n) is 2.23. The smallest absolute Gasteiger partial charge is 0.308 e. The molecule has 1 aromatic carbocycles. The lowest BCUT2D eigenvalue weighted by Crippen LogP contribution is -2.43. The Hall–Kier alpha value is -1.17. The zero-order valence-corrected chi connectivity index (χ0v) is 12.0. The molecule has 0 N–H and O–H groups in total. The summed E-state index contributed by atoms with van der Waals surface area (Å²) in [5.74, 6) is -0.684. The summed E-state index contributed by atoms with van der Waals surface area (Å²) in [5.41, 5.74) is 0.552. The zero-order chi connectivity index (χ0) is 14.5. The highest BCUT2D eigenvalue weighted by Gasteiger charge is 2.24. The van der Waals surface area contributed by atoms with E-state index >= 15 is 0 Å². The summed E-state index contributed by atoms with van der Waals surface area (Å²) in [6, 6.07) is 4.97. The second-order valence-corrected chi connectivity index (χ2v) is 5.13. The average molecular weight is 302 g/mol. The van der Waals surface area contributed by atoms with Gasteiger partial charge in [0, 0.05) is 25.2 Å². The van der Waals surface area contributed by atoms with Gasteiger partial charge in [0.05, 0.1) is 31.3 Å². The van der Waals surface area contributed by atoms with Crippen LogP contribution in [0, 0.1) is 5.82 Å². The molecule has 1 aromatic rings. The van der Waals surface area contributed by atoms with Crippen LogP contribution in [0.15, 0.2) is 18.2 Å². The van der Waals surface area contributed by atoms with E-state index in [2.05, 4.69) is 4.74 Å². The average Bonchev–Trinajstić information content (AvgIpc) is 2.44. The highest BCUT2D eigenvalue weighted by molar-refractivity contribution is 6.30. The highest BCUT2D eigenvalue weighted by atomic mass is 35.5. The molecule has 20 heavy (non-hydrogen) atoms. The van der Waals surface area contributed by atoms with Crippen LogP contribution in [0.3, 0.4) is 0 Å². The van der Waals surface area contributed by atoms with Crippen molar-refractivity contribution in [2.45, 2.75) is 19.1 Å². The van der Waals surface area contributed by atoms with Crippen LogP contribution in [0.25, 0.3) is 0 Å². The van der Waals surface area contributed by atoms with Crippen molar-refractivity contribution in [2.24, 2.45) is 0 Å². The standard InChI is InChI=1S/C14H17ClFNO3/c1-19-13(18)7-11-9-17(5-6-20-11)8-10-3-2-4-12(15)14(10)16/h2-4,11H,5-9H2,1H3. The van der Waals surface area contributed by atoms with E-state index in [1.165, 1.54) is 13.2 Å². The molecule has 1 unspecified atom stereocenters. The number of esters is 1. The van der Waals surface area contributed by atoms with Crippen molar-refractivity contribution >= 4 is 17.6 Å². The van der Waals surface area contributed by atoms with Crippen LogP contribution in [-0.2, 0) is 20.8 Å². The molecule has 1 fully saturated rings. The summed E-state index contributed by atoms with van der Waals surface area (Å²) in [6.45, 7) is 2.24. The van der Waals surface area contributed by atoms with Crippen LogP contribution in [0.2, 0.25) is 5.02 Å². The number of methoxy groups -OCH3 is 1. The van der Waals surface area contributed by atoms with Crippen LogP contribution in [0.5, 0.6) is 0 Å². The third-order valence-corrected chi connectivity index (χ3v) is 3.56. The Bertz CT molecular complexity index is 483. The Kier molecular flexibility index (Phi) is 5.34. The van der Waals surface area contributed by atoms with Crippen molar-refractivity contribution in [1.29, 1.82) is 0 Å². The summed E-state index contributed by atoms with van der Waals surface area (Å²) in [4.78, 5) is 13.3. The first-order chi connectivity index (χ1) is 9.60. The Morgan fingerprint density at radius 2 is 2.40 bits per heavy atom. The van der Waals surface area contributed by atoms with Gasteiger partial charge in [-0.25, -0.2) is 4.39 Å². The van der Waals surface area contributed by atoms with Gasteiger partial charge in [0.15, 0.2) is 0 Å². The number of hydrogen-bond donors (Lipinski definition) is 0. The number of halogens is 2. The van der Waals surface area contributed by atoms with Crippen molar-refractivity contribution in [3.63, 3.8) is 0 Å². The predicted octanol–water partition coefficient (Wildman–Crippen LogP) is 2.24. The third-order valence-electron chi connectivity index (χ3n) is 3.27. The molecule has 0 saturated carbocycles. The van der Waals surface area contributed by atoms with Gasteiger partial charge in [-0.3, -0.25) is 9.69 Å². The van der Waals surface area contributed by atoms with Crippen LogP contribution >= 0.6 is 11.6 Å². The lowest BCUT2D eigenvalue weighted by molar-refractivity contribution is -0.145. The van der Waals surface area contributed by atoms with Gasteiger partial charge in [-0.05, 0) is 6.07 Å². The summed E-state index contributed by atoms with van der Waals surface area (Å²) in [7, 11) is 1.35. The van der Waals surface area contributed by atoms with Crippen LogP contribution in [0.4, 0.5) is 4.39 Å². The molecule has 0 aromatic heterocycles. The maximum absolute atomic E-state index is 13.9. The minimum absolute atomic E-state index is 0.127. The number of morpholine rings is 1. The molecule has 0 amide bonds. The second-order valence-electron chi connectivity index (χ2n) is 4.72. The van der Waals surface area contributed by atoms with Crippen molar-refractivity contribution in [3.8, 4) is 0 Å². The number of nitrogens with zero attached hydrogens (tertiary/aromatic N) is 1. The monoisotopic (exact) mass is 301 g/mol. The molecule has 0 aliphatic carbocycles. The van der Waals surface area contributed by atoms with E-state index in [4.69, 9.17) is 16.3 Å². The Balaban J connectivity index is 1.96. The molecule has 1 heterocycles. The number of hydrogen-bond acceptors (Lipinski definition) is 4. The zero-order valence-electron chi connectivity index (χ0n) is 11.3. The van der Waals surface area contributed by atoms with Gasteiger partial charge in [-0.15, -0.1) is 0 Å². The quantitative estimate of drug-likeness (QED) is 0.800. The molecule has 0 bridgehead atoms. The molecule has 4 nitrogen and oxygen atoms in total. The van der Waals surface area contributed by atoms with Crippen LogP contribution in [-0.4, -0.2) is 43.8 Å². The Morgan fingerprint density at radius 3 is 3.15 bits per heavy atom. The number of benzene rings is 1. The van der Waals surface area contributed by atoms with Crippen LogP contribution < -0.4 is 0 Å². The lowest BCUT2D eigenvalue weighted by Gasteiger charge is -2.32. The lowest BCUT2D eigenvalue weighted by atomic mass is 10.1. The Morgan fingerprint density at radius 1 is 1.60 bits per heavy atom. The minimum Gasteiger partial charge on any atom is -0.469 e. The number of ether oxygens (including phenoxy) is 2. The van der Waals surface area contributed by atoms with E-state index < -0.39 is 0 Å². The largest absolute Gasteiger partial charge is 0.469 e. The van der Waals surface area contributed by atoms with E-state index in [0.717, 1.165) is 0 Å². The first kappa shape index (κ1) is 15.2. The molecular weight excluding hydrogens is 285 g/mol. The maximum atomic E-state index is 13.9. The van der Waals surface area contributed by atoms with Gasteiger partial charge >= 0.3 is 5.97 Å². The normalized spacial score (nSPS) is 19.9. The molecule has 1 atom stereocenters. The van der Waals surface area contributed by atoms with E-state index in [1.807, 2.05) is 4.90 Å². The molecule has 1 aliphatic heterocycles. The van der Waals surface area contributed by atoms with Gasteiger partial charge in [-0.2, -0.15) is 0 Å². The number of carbonyl (C=O) groups excluding carboxylic acids is 1. The van der Waals surface area contributed by atoms with E-state index in [1.54, 1.807) is 12.1 Å². The first-order valence-corrected chi connectivity index (χ1v) is 6.81. The molecule has 110 valence electrons. The SMILES string of the molecule is COC(=O)CC1CN(Cc2cccc(Cl)c2F)CCO1. The van der Waals surface area contributed by atoms with Gasteiger partial charge in [0.25, 0.3) is 0 Å². The number of carbonyl (C=O) groups is 1. The highest BCUT2D eigenvalue weighted by Crippen LogP contribution is 2.20. The molecule has 6 heteroatoms. The van der Waals surface area contributed by atoms with Gasteiger partial charge in [0.2, 0.25) is 0 Å². The summed E-state index contributed by atoms with van der Waals surface area (Å²) >= 11 is 5.77. The van der Waals surface area contributed by atoms with Gasteiger partial charge < -0.3 is 9.47 Å². The van der Waals surface area contributed by atoms with Gasteiger partial charge in [-0.1, -0.05) is 23.7 Å². The first-order valence-electron chi connectivity index (χ1n) is 6.44. The molecule has 1 aliphatic rings. The molecular formula is C14H17ClFNO3. The molecule has 0 spiro atoms. The maximum Gasteiger partial charge on any atom is 0.308 e. The topological polar surface area (TPSA) is 38.8 Å². The minimum atomic E-state index is -0.384. The van der Waals surface area contributed by atoms with Crippen molar-refractivity contribution in [3.05, 3.63) is 34.6 Å². The van der Waals surface area contributed by atoms with Gasteiger partial charge in [0.1, 0.15) is 5.82 Å². The molecule has 1 saturated heterocycles. The second kappa shape index (κ2) is 7.02. The third kappa shape index (κ3) is 3.91. The van der Waals surface area contributed by atoms with Crippen LogP contribution in [0.1, 0.15) is 12.0 Å². The number of rotatable bonds is 4. The molecule has 2 rings (SSSR count). The van der Waals surface area contributed by atoms with E-state index in [9.17, 15) is 9.18 Å². The Labute approximate surface area is 122 Å². The fraction of sp³-hybridized carbons (Fsp3) is 0.500. The van der Waals surface area contributed by atoms with E-state index in [-0.39, 0.29) is 29.3 Å². The summed E-state index contributed by atoms with van der Waals surface area (Å²) < 4.78 is 24.0. The molecule has 0 radical (unpaired) electrons. The van der Waals surface area contributed by atoms with Crippen molar-refractivity contribution in [2.75, 3.05) is 26.8 Å². The summed E-state index contributed by atoms with van der Waals surface area (Å²) in [5, 5.41) is 0.127. The van der Waals surface area contributed by atoms with Crippen molar-refractivity contribution in [1.82, 2.24) is 4.90 Å². The van der Waals surface area contributed by atoms with E-state index in [0.29, 0.717) is 31.8 Å². The van der Waals surface area contributed by atoms with Crippen molar-refractivity contribution < 1.29 is 18.7 Å². The predicted molar refractivity (Wildman–Crippen MR) is 73.1 cm³/mol.